The number of nitrogens with zero attached hydrogens (tertiary/aromatic N) is 1. The Morgan fingerprint density at radius 2 is 1.90 bits per heavy atom. The van der Waals surface area contributed by atoms with Gasteiger partial charge in [0.2, 0.25) is 10.0 Å². The van der Waals surface area contributed by atoms with Gasteiger partial charge < -0.3 is 10.4 Å². The molecule has 2 rings (SSSR count). The van der Waals surface area contributed by atoms with Crippen molar-refractivity contribution in [1.29, 1.82) is 0 Å². The molecule has 1 aromatic rings. The van der Waals surface area contributed by atoms with Gasteiger partial charge in [-0.1, -0.05) is 0 Å². The molecule has 6 heteroatoms. The Morgan fingerprint density at radius 1 is 1.24 bits per heavy atom. The number of aliphatic hydroxyl groups is 1. The fourth-order valence-electron chi connectivity index (χ4n) is 2.58. The SMILES string of the molecule is CCNc1ccc(S(=O)(=O)N2CCCC(C)(O)CC2)cc1. The second-order valence-corrected chi connectivity index (χ2v) is 7.75. The average molecular weight is 312 g/mol. The smallest absolute Gasteiger partial charge is 0.243 e. The van der Waals surface area contributed by atoms with Gasteiger partial charge in [0.25, 0.3) is 0 Å². The molecule has 1 atom stereocenters. The van der Waals surface area contributed by atoms with Crippen molar-refractivity contribution in [2.24, 2.45) is 0 Å². The molecule has 0 amide bonds. The van der Waals surface area contributed by atoms with Crippen molar-refractivity contribution < 1.29 is 13.5 Å². The van der Waals surface area contributed by atoms with Gasteiger partial charge in [-0.25, -0.2) is 8.42 Å². The monoisotopic (exact) mass is 312 g/mol. The highest BCUT2D eigenvalue weighted by Gasteiger charge is 2.31. The quantitative estimate of drug-likeness (QED) is 0.893. The van der Waals surface area contributed by atoms with Gasteiger partial charge >= 0.3 is 0 Å². The number of rotatable bonds is 4. The van der Waals surface area contributed by atoms with E-state index in [-0.39, 0.29) is 0 Å². The van der Waals surface area contributed by atoms with Crippen molar-refractivity contribution in [3.05, 3.63) is 24.3 Å². The summed E-state index contributed by atoms with van der Waals surface area (Å²) in [5.74, 6) is 0. The highest BCUT2D eigenvalue weighted by Crippen LogP contribution is 2.26. The Kier molecular flexibility index (Phi) is 4.91. The zero-order valence-electron chi connectivity index (χ0n) is 12.7. The lowest BCUT2D eigenvalue weighted by Crippen LogP contribution is -2.33. The predicted octanol–water partition coefficient (Wildman–Crippen LogP) is 2.04. The summed E-state index contributed by atoms with van der Waals surface area (Å²) in [5.41, 5.74) is 0.148. The van der Waals surface area contributed by atoms with Crippen LogP contribution in [0.25, 0.3) is 0 Å². The predicted molar refractivity (Wildman–Crippen MR) is 83.8 cm³/mol. The van der Waals surface area contributed by atoms with Gasteiger partial charge in [0.15, 0.2) is 0 Å². The molecule has 5 nitrogen and oxygen atoms in total. The van der Waals surface area contributed by atoms with Gasteiger partial charge in [0.05, 0.1) is 10.5 Å². The van der Waals surface area contributed by atoms with Crippen LogP contribution in [0.4, 0.5) is 5.69 Å². The van der Waals surface area contributed by atoms with E-state index in [0.29, 0.717) is 37.2 Å². The third-order valence-corrected chi connectivity index (χ3v) is 5.81. The van der Waals surface area contributed by atoms with Gasteiger partial charge in [-0.3, -0.25) is 0 Å². The number of hydrogen-bond donors (Lipinski definition) is 2. The maximum atomic E-state index is 12.6. The summed E-state index contributed by atoms with van der Waals surface area (Å²) in [4.78, 5) is 0.311. The van der Waals surface area contributed by atoms with Crippen LogP contribution in [0.1, 0.15) is 33.1 Å². The van der Waals surface area contributed by atoms with E-state index in [0.717, 1.165) is 12.2 Å². The minimum absolute atomic E-state index is 0.311. The molecule has 0 radical (unpaired) electrons. The van der Waals surface area contributed by atoms with Crippen LogP contribution < -0.4 is 5.32 Å². The van der Waals surface area contributed by atoms with Crippen LogP contribution in [0.5, 0.6) is 0 Å². The molecule has 1 heterocycles. The molecule has 2 N–H and O–H groups in total. The second kappa shape index (κ2) is 6.34. The largest absolute Gasteiger partial charge is 0.390 e. The van der Waals surface area contributed by atoms with Crippen LogP contribution in [0.15, 0.2) is 29.2 Å². The van der Waals surface area contributed by atoms with Gasteiger partial charge in [-0.15, -0.1) is 0 Å². The Balaban J connectivity index is 2.17. The van der Waals surface area contributed by atoms with Crippen molar-refractivity contribution in [3.63, 3.8) is 0 Å². The fourth-order valence-corrected chi connectivity index (χ4v) is 4.06. The highest BCUT2D eigenvalue weighted by atomic mass is 32.2. The van der Waals surface area contributed by atoms with E-state index >= 15 is 0 Å². The number of sulfonamides is 1. The van der Waals surface area contributed by atoms with Crippen LogP contribution in [0.2, 0.25) is 0 Å². The Hall–Kier alpha value is -1.11. The Morgan fingerprint density at radius 3 is 2.52 bits per heavy atom. The number of hydrogen-bond acceptors (Lipinski definition) is 4. The van der Waals surface area contributed by atoms with Crippen LogP contribution in [-0.2, 0) is 10.0 Å². The first-order valence-corrected chi connectivity index (χ1v) is 8.86. The van der Waals surface area contributed by atoms with E-state index < -0.39 is 15.6 Å². The first-order valence-electron chi connectivity index (χ1n) is 7.42. The topological polar surface area (TPSA) is 69.6 Å². The van der Waals surface area contributed by atoms with Crippen LogP contribution in [0.3, 0.4) is 0 Å². The lowest BCUT2D eigenvalue weighted by molar-refractivity contribution is 0.0465. The summed E-state index contributed by atoms with van der Waals surface area (Å²) in [5, 5.41) is 13.2. The number of benzene rings is 1. The summed E-state index contributed by atoms with van der Waals surface area (Å²) in [6.07, 6.45) is 1.79. The zero-order valence-corrected chi connectivity index (χ0v) is 13.5. The molecule has 118 valence electrons. The van der Waals surface area contributed by atoms with Crippen LogP contribution in [-0.4, -0.2) is 43.1 Å². The van der Waals surface area contributed by atoms with Crippen molar-refractivity contribution in [3.8, 4) is 0 Å². The lowest BCUT2D eigenvalue weighted by atomic mass is 9.98. The van der Waals surface area contributed by atoms with E-state index in [2.05, 4.69) is 5.32 Å². The average Bonchev–Trinajstić information content (AvgIpc) is 2.61. The summed E-state index contributed by atoms with van der Waals surface area (Å²) in [7, 11) is -3.47. The molecular weight excluding hydrogens is 288 g/mol. The van der Waals surface area contributed by atoms with Crippen molar-refractivity contribution in [2.75, 3.05) is 25.0 Å². The molecule has 0 spiro atoms. The van der Waals surface area contributed by atoms with E-state index in [1.54, 1.807) is 31.2 Å². The van der Waals surface area contributed by atoms with Crippen molar-refractivity contribution in [2.45, 2.75) is 43.6 Å². The standard InChI is InChI=1S/C15H24N2O3S/c1-3-16-13-5-7-14(8-6-13)21(19,20)17-11-4-9-15(2,18)10-12-17/h5-8,16,18H,3-4,9-12H2,1-2H3. The van der Waals surface area contributed by atoms with Gasteiger partial charge in [-0.2, -0.15) is 4.31 Å². The minimum atomic E-state index is -3.47. The van der Waals surface area contributed by atoms with E-state index in [9.17, 15) is 13.5 Å². The van der Waals surface area contributed by atoms with Crippen LogP contribution >= 0.6 is 0 Å². The van der Waals surface area contributed by atoms with Crippen molar-refractivity contribution >= 4 is 15.7 Å². The molecule has 0 bridgehead atoms. The molecule has 0 saturated carbocycles. The lowest BCUT2D eigenvalue weighted by Gasteiger charge is -2.22. The summed E-state index contributed by atoms with van der Waals surface area (Å²) in [6.45, 7) is 5.40. The maximum Gasteiger partial charge on any atom is 0.243 e. The fraction of sp³-hybridized carbons (Fsp3) is 0.600. The normalized spacial score (nSPS) is 24.5. The minimum Gasteiger partial charge on any atom is -0.390 e. The molecule has 21 heavy (non-hydrogen) atoms. The van der Waals surface area contributed by atoms with Crippen LogP contribution in [0, 0.1) is 0 Å². The second-order valence-electron chi connectivity index (χ2n) is 5.81. The Labute approximate surface area is 127 Å². The Bertz CT molecular complexity index is 567. The molecule has 0 aromatic heterocycles. The molecule has 1 aliphatic rings. The third-order valence-electron chi connectivity index (χ3n) is 3.90. The molecule has 0 aliphatic carbocycles. The highest BCUT2D eigenvalue weighted by molar-refractivity contribution is 7.89. The number of anilines is 1. The number of nitrogens with one attached hydrogen (secondary N) is 1. The maximum absolute atomic E-state index is 12.6. The first kappa shape index (κ1) is 16.3. The molecular formula is C15H24N2O3S. The molecule has 1 unspecified atom stereocenters. The van der Waals surface area contributed by atoms with E-state index in [4.69, 9.17) is 0 Å². The third kappa shape index (κ3) is 3.96. The molecule has 1 aliphatic heterocycles. The zero-order chi connectivity index (χ0) is 15.5. The summed E-state index contributed by atoms with van der Waals surface area (Å²) >= 11 is 0. The molecule has 1 fully saturated rings. The van der Waals surface area contributed by atoms with E-state index in [1.165, 1.54) is 4.31 Å². The van der Waals surface area contributed by atoms with Gasteiger partial charge in [0.1, 0.15) is 0 Å². The summed E-state index contributed by atoms with van der Waals surface area (Å²) in [6, 6.07) is 6.83. The summed E-state index contributed by atoms with van der Waals surface area (Å²) < 4.78 is 26.8. The van der Waals surface area contributed by atoms with E-state index in [1.807, 2.05) is 6.92 Å². The van der Waals surface area contributed by atoms with Gasteiger partial charge in [-0.05, 0) is 57.4 Å². The molecule has 1 aromatic carbocycles. The molecule has 1 saturated heterocycles. The van der Waals surface area contributed by atoms with Gasteiger partial charge in [0, 0.05) is 25.3 Å². The first-order chi connectivity index (χ1) is 9.85. The van der Waals surface area contributed by atoms with Crippen molar-refractivity contribution in [1.82, 2.24) is 4.31 Å².